The molecule has 1 rings (SSSR count). The molecule has 0 aliphatic carbocycles. The number of pyridine rings is 1. The van der Waals surface area contributed by atoms with Crippen LogP contribution in [0.3, 0.4) is 0 Å². The van der Waals surface area contributed by atoms with Gasteiger partial charge in [-0.25, -0.2) is 14.6 Å². The summed E-state index contributed by atoms with van der Waals surface area (Å²) < 4.78 is 4.78. The van der Waals surface area contributed by atoms with Gasteiger partial charge < -0.3 is 9.84 Å². The Balaban J connectivity index is 2.94. The van der Waals surface area contributed by atoms with Gasteiger partial charge in [0.15, 0.2) is 11.4 Å². The highest BCUT2D eigenvalue weighted by Gasteiger charge is 2.13. The van der Waals surface area contributed by atoms with E-state index in [-0.39, 0.29) is 11.4 Å². The summed E-state index contributed by atoms with van der Waals surface area (Å²) in [6.07, 6.45) is 4.01. The van der Waals surface area contributed by atoms with Crippen molar-refractivity contribution in [2.24, 2.45) is 0 Å². The van der Waals surface area contributed by atoms with Gasteiger partial charge in [-0.05, 0) is 19.1 Å². The van der Waals surface area contributed by atoms with Crippen molar-refractivity contribution in [3.05, 3.63) is 36.2 Å². The zero-order valence-electron chi connectivity index (χ0n) is 8.01. The van der Waals surface area contributed by atoms with Crippen LogP contribution in [0.5, 0.6) is 5.75 Å². The Bertz CT molecular complexity index is 412. The minimum atomic E-state index is -1.24. The first-order chi connectivity index (χ1) is 7.15. The maximum atomic E-state index is 11.1. The van der Waals surface area contributed by atoms with Gasteiger partial charge in [0.1, 0.15) is 0 Å². The van der Waals surface area contributed by atoms with Crippen LogP contribution in [-0.4, -0.2) is 22.0 Å². The summed E-state index contributed by atoms with van der Waals surface area (Å²) in [5.41, 5.74) is -0.282. The fourth-order valence-electron chi connectivity index (χ4n) is 0.912. The molecule has 15 heavy (non-hydrogen) atoms. The van der Waals surface area contributed by atoms with Crippen molar-refractivity contribution in [3.8, 4) is 5.75 Å². The van der Waals surface area contributed by atoms with Gasteiger partial charge in [-0.3, -0.25) is 0 Å². The topological polar surface area (TPSA) is 76.5 Å². The van der Waals surface area contributed by atoms with E-state index in [1.165, 1.54) is 30.5 Å². The lowest BCUT2D eigenvalue weighted by Gasteiger charge is -2.03. The Labute approximate surface area is 86.0 Å². The molecule has 5 nitrogen and oxygen atoms in total. The van der Waals surface area contributed by atoms with E-state index in [0.29, 0.717) is 0 Å². The van der Waals surface area contributed by atoms with Crippen molar-refractivity contribution in [2.45, 2.75) is 6.92 Å². The van der Waals surface area contributed by atoms with E-state index in [1.54, 1.807) is 6.92 Å². The summed E-state index contributed by atoms with van der Waals surface area (Å²) in [6, 6.07) is 2.86. The van der Waals surface area contributed by atoms with Gasteiger partial charge in [0.05, 0.1) is 0 Å². The molecule has 1 N–H and O–H groups in total. The molecule has 1 aromatic heterocycles. The normalized spacial score (nSPS) is 10.2. The monoisotopic (exact) mass is 207 g/mol. The van der Waals surface area contributed by atoms with Crippen molar-refractivity contribution in [2.75, 3.05) is 0 Å². The van der Waals surface area contributed by atoms with E-state index in [9.17, 15) is 9.59 Å². The van der Waals surface area contributed by atoms with E-state index in [2.05, 4.69) is 4.98 Å². The van der Waals surface area contributed by atoms with E-state index in [4.69, 9.17) is 9.84 Å². The predicted octanol–water partition coefficient (Wildman–Crippen LogP) is 1.26. The third-order valence-electron chi connectivity index (χ3n) is 1.49. The average molecular weight is 207 g/mol. The first-order valence-corrected chi connectivity index (χ1v) is 4.18. The van der Waals surface area contributed by atoms with Gasteiger partial charge in [-0.15, -0.1) is 0 Å². The number of ether oxygens (including phenoxy) is 1. The second kappa shape index (κ2) is 4.90. The molecule has 0 saturated heterocycles. The Hall–Kier alpha value is -2.17. The van der Waals surface area contributed by atoms with E-state index in [1.807, 2.05) is 0 Å². The van der Waals surface area contributed by atoms with Crippen LogP contribution in [0.4, 0.5) is 0 Å². The lowest BCUT2D eigenvalue weighted by molar-refractivity contribution is -0.129. The van der Waals surface area contributed by atoms with E-state index in [0.717, 1.165) is 0 Å². The van der Waals surface area contributed by atoms with Gasteiger partial charge in [-0.2, -0.15) is 0 Å². The van der Waals surface area contributed by atoms with Crippen molar-refractivity contribution in [3.63, 3.8) is 0 Å². The van der Waals surface area contributed by atoms with Gasteiger partial charge >= 0.3 is 11.9 Å². The molecule has 1 heterocycles. The van der Waals surface area contributed by atoms with Crippen LogP contribution < -0.4 is 4.74 Å². The largest absolute Gasteiger partial charge is 0.476 e. The fraction of sp³-hybridized carbons (Fsp3) is 0.100. The van der Waals surface area contributed by atoms with Crippen LogP contribution in [0.25, 0.3) is 0 Å². The standard InChI is InChI=1S/C10H9NO4/c1-2-4-8(12)15-7-5-3-6-11-9(7)10(13)14/h2-6H,1H3,(H,13,14). The zero-order valence-corrected chi connectivity index (χ0v) is 8.01. The van der Waals surface area contributed by atoms with Gasteiger partial charge in [0, 0.05) is 12.3 Å². The van der Waals surface area contributed by atoms with Crippen LogP contribution in [0.1, 0.15) is 17.4 Å². The summed E-state index contributed by atoms with van der Waals surface area (Å²) >= 11 is 0. The number of esters is 1. The molecular weight excluding hydrogens is 198 g/mol. The third-order valence-corrected chi connectivity index (χ3v) is 1.49. The van der Waals surface area contributed by atoms with Crippen LogP contribution >= 0.6 is 0 Å². The number of allylic oxidation sites excluding steroid dienone is 1. The third kappa shape index (κ3) is 2.91. The lowest BCUT2D eigenvalue weighted by atomic mass is 10.3. The van der Waals surface area contributed by atoms with Crippen molar-refractivity contribution >= 4 is 11.9 Å². The second-order valence-corrected chi connectivity index (χ2v) is 2.58. The molecule has 0 aromatic carbocycles. The number of carbonyl (C=O) groups is 2. The first-order valence-electron chi connectivity index (χ1n) is 4.18. The van der Waals surface area contributed by atoms with Gasteiger partial charge in [0.25, 0.3) is 0 Å². The molecular formula is C10H9NO4. The zero-order chi connectivity index (χ0) is 11.3. The van der Waals surface area contributed by atoms with Crippen molar-refractivity contribution < 1.29 is 19.4 Å². The Morgan fingerprint density at radius 2 is 2.27 bits per heavy atom. The molecule has 0 radical (unpaired) electrons. The minimum Gasteiger partial charge on any atom is -0.476 e. The fourth-order valence-corrected chi connectivity index (χ4v) is 0.912. The summed E-state index contributed by atoms with van der Waals surface area (Å²) in [6.45, 7) is 1.66. The molecule has 78 valence electrons. The SMILES string of the molecule is CC=CC(=O)Oc1cccnc1C(=O)O. The predicted molar refractivity (Wildman–Crippen MR) is 51.6 cm³/mol. The summed E-state index contributed by atoms with van der Waals surface area (Å²) in [7, 11) is 0. The molecule has 5 heteroatoms. The van der Waals surface area contributed by atoms with Crippen LogP contribution in [0, 0.1) is 0 Å². The summed E-state index contributed by atoms with van der Waals surface area (Å²) in [5.74, 6) is -1.93. The number of rotatable bonds is 3. The molecule has 0 fully saturated rings. The number of carbonyl (C=O) groups excluding carboxylic acids is 1. The number of aromatic carboxylic acids is 1. The Morgan fingerprint density at radius 3 is 2.87 bits per heavy atom. The number of carboxylic acid groups (broad SMARTS) is 1. The van der Waals surface area contributed by atoms with E-state index < -0.39 is 11.9 Å². The van der Waals surface area contributed by atoms with Crippen molar-refractivity contribution in [1.82, 2.24) is 4.98 Å². The van der Waals surface area contributed by atoms with Crippen LogP contribution in [-0.2, 0) is 4.79 Å². The van der Waals surface area contributed by atoms with Crippen molar-refractivity contribution in [1.29, 1.82) is 0 Å². The van der Waals surface area contributed by atoms with Crippen LogP contribution in [0.2, 0.25) is 0 Å². The Kier molecular flexibility index (Phi) is 3.56. The number of carboxylic acids is 1. The highest BCUT2D eigenvalue weighted by Crippen LogP contribution is 2.15. The first kappa shape index (κ1) is 10.9. The second-order valence-electron chi connectivity index (χ2n) is 2.58. The van der Waals surface area contributed by atoms with Gasteiger partial charge in [0.2, 0.25) is 0 Å². The maximum absolute atomic E-state index is 11.1. The molecule has 0 spiro atoms. The molecule has 0 saturated carbocycles. The Morgan fingerprint density at radius 1 is 1.53 bits per heavy atom. The molecule has 0 atom stereocenters. The molecule has 0 bridgehead atoms. The highest BCUT2D eigenvalue weighted by molar-refractivity contribution is 5.91. The van der Waals surface area contributed by atoms with Gasteiger partial charge in [-0.1, -0.05) is 6.08 Å². The number of aromatic nitrogens is 1. The minimum absolute atomic E-state index is 0.0619. The maximum Gasteiger partial charge on any atom is 0.358 e. The number of hydrogen-bond donors (Lipinski definition) is 1. The summed E-state index contributed by atoms with van der Waals surface area (Å²) in [4.78, 5) is 25.3. The van der Waals surface area contributed by atoms with E-state index >= 15 is 0 Å². The summed E-state index contributed by atoms with van der Waals surface area (Å²) in [5, 5.41) is 8.74. The van der Waals surface area contributed by atoms with Crippen LogP contribution in [0.15, 0.2) is 30.5 Å². The molecule has 0 unspecified atom stereocenters. The molecule has 0 aliphatic heterocycles. The highest BCUT2D eigenvalue weighted by atomic mass is 16.5. The number of nitrogens with zero attached hydrogens (tertiary/aromatic N) is 1. The molecule has 0 aliphatic rings. The lowest BCUT2D eigenvalue weighted by Crippen LogP contribution is -2.09. The number of hydrogen-bond acceptors (Lipinski definition) is 4. The smallest absolute Gasteiger partial charge is 0.358 e. The average Bonchev–Trinajstić information content (AvgIpc) is 2.18. The quantitative estimate of drug-likeness (QED) is 0.596. The molecule has 0 amide bonds. The molecule has 1 aromatic rings.